The van der Waals surface area contributed by atoms with Crippen LogP contribution >= 0.6 is 0 Å². The molecule has 2 heterocycles. The Labute approximate surface area is 94.1 Å². The second-order valence-corrected chi connectivity index (χ2v) is 3.85. The third kappa shape index (κ3) is 1.70. The van der Waals surface area contributed by atoms with Crippen molar-refractivity contribution in [2.45, 2.75) is 31.2 Å². The van der Waals surface area contributed by atoms with Gasteiger partial charge in [0.2, 0.25) is 0 Å². The number of aromatic amines is 1. The molecule has 0 aliphatic carbocycles. The summed E-state index contributed by atoms with van der Waals surface area (Å²) in [6.45, 7) is 1.35. The third-order valence-corrected chi connectivity index (χ3v) is 2.67. The Kier molecular flexibility index (Phi) is 2.64. The van der Waals surface area contributed by atoms with Gasteiger partial charge in [-0.1, -0.05) is 0 Å². The van der Waals surface area contributed by atoms with Gasteiger partial charge in [0.05, 0.1) is 6.10 Å². The van der Waals surface area contributed by atoms with E-state index in [2.05, 4.69) is 0 Å². The van der Waals surface area contributed by atoms with Gasteiger partial charge >= 0.3 is 11.7 Å². The first-order valence-corrected chi connectivity index (χ1v) is 4.91. The number of halogens is 1. The SMILES string of the molecule is C[C@H]1O[C@@](F)(n2ccc(=O)[nH]c2=O)[C@H](O)[C@@H]1O. The molecule has 1 aliphatic heterocycles. The van der Waals surface area contributed by atoms with Gasteiger partial charge in [0.15, 0.2) is 6.10 Å². The van der Waals surface area contributed by atoms with Gasteiger partial charge in [-0.2, -0.15) is 4.39 Å². The predicted octanol–water partition coefficient (Wildman–Crippen LogP) is -1.74. The standard InChI is InChI=1S/C9H11FN2O5/c1-4-6(14)7(15)9(10,17-4)12-3-2-5(13)11-8(12)16/h2-4,6-7,14-15H,1H3,(H,11,13,16)/t4-,6-,7-,9+/m1/s1. The van der Waals surface area contributed by atoms with E-state index < -0.39 is 35.5 Å². The van der Waals surface area contributed by atoms with Crippen LogP contribution < -0.4 is 11.2 Å². The number of hydrogen-bond donors (Lipinski definition) is 3. The zero-order valence-electron chi connectivity index (χ0n) is 8.83. The lowest BCUT2D eigenvalue weighted by atomic mass is 10.1. The molecule has 17 heavy (non-hydrogen) atoms. The van der Waals surface area contributed by atoms with Crippen LogP contribution in [0, 0.1) is 0 Å². The van der Waals surface area contributed by atoms with Crippen LogP contribution in [0.5, 0.6) is 0 Å². The van der Waals surface area contributed by atoms with Crippen molar-refractivity contribution in [1.29, 1.82) is 0 Å². The molecule has 0 amide bonds. The Morgan fingerprint density at radius 2 is 2.18 bits per heavy atom. The van der Waals surface area contributed by atoms with Crippen molar-refractivity contribution in [2.75, 3.05) is 0 Å². The second kappa shape index (κ2) is 3.76. The van der Waals surface area contributed by atoms with Gasteiger partial charge in [-0.05, 0) is 6.92 Å². The number of nitrogens with one attached hydrogen (secondary N) is 1. The summed E-state index contributed by atoms with van der Waals surface area (Å²) >= 11 is 0. The lowest BCUT2D eigenvalue weighted by Crippen LogP contribution is -2.48. The maximum absolute atomic E-state index is 14.3. The van der Waals surface area contributed by atoms with Crippen LogP contribution in [0.3, 0.4) is 0 Å². The molecule has 0 radical (unpaired) electrons. The minimum Gasteiger partial charge on any atom is -0.387 e. The quantitative estimate of drug-likeness (QED) is 0.545. The maximum atomic E-state index is 14.3. The van der Waals surface area contributed by atoms with Gasteiger partial charge in [0.1, 0.15) is 6.10 Å². The molecule has 1 aromatic rings. The number of aliphatic hydroxyl groups excluding tert-OH is 2. The predicted molar refractivity (Wildman–Crippen MR) is 53.0 cm³/mol. The molecule has 7 nitrogen and oxygen atoms in total. The van der Waals surface area contributed by atoms with Gasteiger partial charge in [-0.25, -0.2) is 9.36 Å². The molecule has 0 saturated carbocycles. The van der Waals surface area contributed by atoms with Crippen molar-refractivity contribution >= 4 is 0 Å². The molecule has 0 spiro atoms. The molecule has 0 unspecified atom stereocenters. The zero-order valence-corrected chi connectivity index (χ0v) is 8.83. The molecule has 4 atom stereocenters. The highest BCUT2D eigenvalue weighted by atomic mass is 19.2. The normalized spacial score (nSPS) is 37.3. The van der Waals surface area contributed by atoms with Crippen molar-refractivity contribution in [3.05, 3.63) is 33.1 Å². The number of hydrogen-bond acceptors (Lipinski definition) is 5. The highest BCUT2D eigenvalue weighted by molar-refractivity contribution is 4.95. The van der Waals surface area contributed by atoms with Crippen molar-refractivity contribution in [3.63, 3.8) is 0 Å². The Morgan fingerprint density at radius 3 is 2.65 bits per heavy atom. The summed E-state index contributed by atoms with van der Waals surface area (Å²) in [5, 5.41) is 18.9. The molecule has 1 aromatic heterocycles. The van der Waals surface area contributed by atoms with E-state index >= 15 is 0 Å². The topological polar surface area (TPSA) is 105 Å². The number of nitrogens with zero attached hydrogens (tertiary/aromatic N) is 1. The van der Waals surface area contributed by atoms with Gasteiger partial charge in [0.25, 0.3) is 5.56 Å². The Balaban J connectivity index is 2.53. The number of H-pyrrole nitrogens is 1. The minimum absolute atomic E-state index is 0.395. The molecule has 3 N–H and O–H groups in total. The van der Waals surface area contributed by atoms with Gasteiger partial charge < -0.3 is 14.9 Å². The zero-order chi connectivity index (χ0) is 12.8. The number of rotatable bonds is 1. The highest BCUT2D eigenvalue weighted by Gasteiger charge is 2.55. The fourth-order valence-electron chi connectivity index (χ4n) is 1.72. The summed E-state index contributed by atoms with van der Waals surface area (Å²) in [5.41, 5.74) is -1.77. The first-order chi connectivity index (χ1) is 7.86. The molecule has 8 heteroatoms. The van der Waals surface area contributed by atoms with E-state index in [0.29, 0.717) is 4.57 Å². The largest absolute Gasteiger partial charge is 0.387 e. The molecule has 1 saturated heterocycles. The maximum Gasteiger partial charge on any atom is 0.332 e. The van der Waals surface area contributed by atoms with Crippen LogP contribution in [-0.2, 0) is 10.7 Å². The smallest absolute Gasteiger partial charge is 0.332 e. The summed E-state index contributed by atoms with van der Waals surface area (Å²) < 4.78 is 19.5. The Morgan fingerprint density at radius 1 is 1.53 bits per heavy atom. The van der Waals surface area contributed by atoms with Crippen LogP contribution in [0.25, 0.3) is 0 Å². The Hall–Kier alpha value is -1.51. The number of aliphatic hydroxyl groups is 2. The van der Waals surface area contributed by atoms with E-state index in [1.165, 1.54) is 6.92 Å². The summed E-state index contributed by atoms with van der Waals surface area (Å²) in [4.78, 5) is 24.0. The van der Waals surface area contributed by atoms with Crippen molar-refractivity contribution in [2.24, 2.45) is 0 Å². The first kappa shape index (κ1) is 12.0. The van der Waals surface area contributed by atoms with Crippen molar-refractivity contribution in [1.82, 2.24) is 9.55 Å². The first-order valence-electron chi connectivity index (χ1n) is 4.91. The third-order valence-electron chi connectivity index (χ3n) is 2.67. The summed E-state index contributed by atoms with van der Waals surface area (Å²) in [6.07, 6.45) is -3.50. The number of ether oxygens (including phenoxy) is 1. The molecule has 1 aliphatic rings. The lowest BCUT2D eigenvalue weighted by Gasteiger charge is -2.24. The van der Waals surface area contributed by atoms with Crippen molar-refractivity contribution in [3.8, 4) is 0 Å². The molecular formula is C9H11FN2O5. The number of alkyl halides is 1. The average Bonchev–Trinajstić information content (AvgIpc) is 2.43. The monoisotopic (exact) mass is 246 g/mol. The van der Waals surface area contributed by atoms with E-state index in [1.807, 2.05) is 4.98 Å². The van der Waals surface area contributed by atoms with Gasteiger partial charge in [-0.3, -0.25) is 9.78 Å². The molecule has 2 rings (SSSR count). The summed E-state index contributed by atoms with van der Waals surface area (Å²) in [5.74, 6) is -2.89. The molecule has 0 aromatic carbocycles. The molecule has 1 fully saturated rings. The van der Waals surface area contributed by atoms with E-state index in [-0.39, 0.29) is 0 Å². The van der Waals surface area contributed by atoms with E-state index in [9.17, 15) is 24.2 Å². The van der Waals surface area contributed by atoms with E-state index in [0.717, 1.165) is 12.3 Å². The van der Waals surface area contributed by atoms with Gasteiger partial charge in [-0.15, -0.1) is 0 Å². The van der Waals surface area contributed by atoms with Gasteiger partial charge in [0, 0.05) is 12.3 Å². The molecule has 94 valence electrons. The van der Waals surface area contributed by atoms with Crippen LogP contribution in [0.4, 0.5) is 4.39 Å². The average molecular weight is 246 g/mol. The van der Waals surface area contributed by atoms with E-state index in [4.69, 9.17) is 4.74 Å². The molecule has 0 bridgehead atoms. The highest BCUT2D eigenvalue weighted by Crippen LogP contribution is 2.35. The fourth-order valence-corrected chi connectivity index (χ4v) is 1.72. The van der Waals surface area contributed by atoms with E-state index in [1.54, 1.807) is 0 Å². The number of aromatic nitrogens is 2. The summed E-state index contributed by atoms with van der Waals surface area (Å²) in [7, 11) is 0. The van der Waals surface area contributed by atoms with Crippen LogP contribution in [-0.4, -0.2) is 38.1 Å². The fraction of sp³-hybridized carbons (Fsp3) is 0.556. The minimum atomic E-state index is -2.89. The summed E-state index contributed by atoms with van der Waals surface area (Å²) in [6, 6.07) is 0.911. The van der Waals surface area contributed by atoms with Crippen molar-refractivity contribution < 1.29 is 19.3 Å². The Bertz CT molecular complexity index is 541. The second-order valence-electron chi connectivity index (χ2n) is 3.85. The van der Waals surface area contributed by atoms with Crippen LogP contribution in [0.1, 0.15) is 6.92 Å². The van der Waals surface area contributed by atoms with Crippen LogP contribution in [0.2, 0.25) is 0 Å². The van der Waals surface area contributed by atoms with Crippen LogP contribution in [0.15, 0.2) is 21.9 Å². The molecular weight excluding hydrogens is 235 g/mol. The lowest BCUT2D eigenvalue weighted by molar-refractivity contribution is -0.234.